The fourth-order valence-electron chi connectivity index (χ4n) is 2.33. The van der Waals surface area contributed by atoms with E-state index in [4.69, 9.17) is 4.74 Å². The fraction of sp³-hybridized carbons (Fsp3) is 0.692. The maximum absolute atomic E-state index is 5.80. The van der Waals surface area contributed by atoms with E-state index < -0.39 is 0 Å². The van der Waals surface area contributed by atoms with Gasteiger partial charge in [-0.3, -0.25) is 4.90 Å². The lowest BCUT2D eigenvalue weighted by Crippen LogP contribution is -2.25. The summed E-state index contributed by atoms with van der Waals surface area (Å²) in [5.41, 5.74) is 1.06. The molecule has 2 heterocycles. The van der Waals surface area contributed by atoms with Gasteiger partial charge in [-0.2, -0.15) is 0 Å². The number of ether oxygens (including phenoxy) is 1. The van der Waals surface area contributed by atoms with Crippen LogP contribution >= 0.6 is 0 Å². The topological polar surface area (TPSA) is 50.3 Å². The Morgan fingerprint density at radius 2 is 2.11 bits per heavy atom. The van der Waals surface area contributed by atoms with E-state index in [2.05, 4.69) is 27.1 Å². The SMILES string of the molecule is CCc1c(NC)ncnc1OCCN1CCCC1. The molecule has 0 aromatic carbocycles. The molecular formula is C13H22N4O. The van der Waals surface area contributed by atoms with E-state index in [9.17, 15) is 0 Å². The molecule has 0 atom stereocenters. The molecule has 0 aliphatic carbocycles. The van der Waals surface area contributed by atoms with Crippen LogP contribution in [0.15, 0.2) is 6.33 Å². The van der Waals surface area contributed by atoms with Gasteiger partial charge in [0.05, 0.1) is 5.56 Å². The summed E-state index contributed by atoms with van der Waals surface area (Å²) in [6.07, 6.45) is 5.06. The third-order valence-electron chi connectivity index (χ3n) is 3.34. The van der Waals surface area contributed by atoms with Crippen LogP contribution in [-0.4, -0.2) is 48.2 Å². The molecule has 1 aromatic rings. The molecule has 0 unspecified atom stereocenters. The van der Waals surface area contributed by atoms with E-state index in [-0.39, 0.29) is 0 Å². The largest absolute Gasteiger partial charge is 0.476 e. The molecule has 18 heavy (non-hydrogen) atoms. The number of rotatable bonds is 6. The minimum atomic E-state index is 0.702. The Kier molecular flexibility index (Phi) is 4.75. The minimum absolute atomic E-state index is 0.702. The number of nitrogens with one attached hydrogen (secondary N) is 1. The van der Waals surface area contributed by atoms with Gasteiger partial charge >= 0.3 is 0 Å². The van der Waals surface area contributed by atoms with Crippen molar-refractivity contribution in [3.05, 3.63) is 11.9 Å². The summed E-state index contributed by atoms with van der Waals surface area (Å²) in [4.78, 5) is 10.9. The first-order chi connectivity index (χ1) is 8.85. The molecule has 1 fully saturated rings. The van der Waals surface area contributed by atoms with Gasteiger partial charge in [0.2, 0.25) is 5.88 Å². The van der Waals surface area contributed by atoms with Crippen molar-refractivity contribution in [2.75, 3.05) is 38.6 Å². The van der Waals surface area contributed by atoms with Crippen molar-refractivity contribution >= 4 is 5.82 Å². The van der Waals surface area contributed by atoms with Crippen LogP contribution in [-0.2, 0) is 6.42 Å². The predicted molar refractivity (Wildman–Crippen MR) is 72.1 cm³/mol. The van der Waals surface area contributed by atoms with E-state index in [0.29, 0.717) is 6.61 Å². The summed E-state index contributed by atoms with van der Waals surface area (Å²) in [7, 11) is 1.87. The van der Waals surface area contributed by atoms with Crippen molar-refractivity contribution in [1.29, 1.82) is 0 Å². The zero-order valence-corrected chi connectivity index (χ0v) is 11.3. The molecule has 100 valence electrons. The first kappa shape index (κ1) is 13.1. The monoisotopic (exact) mass is 250 g/mol. The number of aromatic nitrogens is 2. The molecule has 1 aromatic heterocycles. The zero-order valence-electron chi connectivity index (χ0n) is 11.3. The van der Waals surface area contributed by atoms with Crippen molar-refractivity contribution in [1.82, 2.24) is 14.9 Å². The van der Waals surface area contributed by atoms with Gasteiger partial charge in [0.1, 0.15) is 18.8 Å². The molecular weight excluding hydrogens is 228 g/mol. The Labute approximate surface area is 109 Å². The third kappa shape index (κ3) is 3.10. The van der Waals surface area contributed by atoms with Crippen LogP contribution < -0.4 is 10.1 Å². The quantitative estimate of drug-likeness (QED) is 0.830. The summed E-state index contributed by atoms with van der Waals surface area (Å²) in [5.74, 6) is 1.58. The van der Waals surface area contributed by atoms with Gasteiger partial charge in [0.25, 0.3) is 0 Å². The molecule has 2 rings (SSSR count). The van der Waals surface area contributed by atoms with Crippen LogP contribution in [0.4, 0.5) is 5.82 Å². The Bertz CT molecular complexity index is 377. The van der Waals surface area contributed by atoms with Gasteiger partial charge in [0, 0.05) is 13.6 Å². The van der Waals surface area contributed by atoms with Gasteiger partial charge in [-0.15, -0.1) is 0 Å². The molecule has 1 aliphatic rings. The molecule has 5 heteroatoms. The van der Waals surface area contributed by atoms with Gasteiger partial charge in [-0.1, -0.05) is 6.92 Å². The fourth-order valence-corrected chi connectivity index (χ4v) is 2.33. The predicted octanol–water partition coefficient (Wildman–Crippen LogP) is 1.56. The summed E-state index contributed by atoms with van der Waals surface area (Å²) < 4.78 is 5.80. The average Bonchev–Trinajstić information content (AvgIpc) is 2.91. The highest BCUT2D eigenvalue weighted by Gasteiger charge is 2.13. The van der Waals surface area contributed by atoms with Crippen molar-refractivity contribution in [3.8, 4) is 5.88 Å². The number of hydrogen-bond acceptors (Lipinski definition) is 5. The molecule has 0 spiro atoms. The van der Waals surface area contributed by atoms with Gasteiger partial charge in [0.15, 0.2) is 0 Å². The van der Waals surface area contributed by atoms with E-state index in [0.717, 1.165) is 30.2 Å². The lowest BCUT2D eigenvalue weighted by Gasteiger charge is -2.16. The normalized spacial score (nSPS) is 15.9. The van der Waals surface area contributed by atoms with Crippen molar-refractivity contribution in [2.24, 2.45) is 0 Å². The number of hydrogen-bond donors (Lipinski definition) is 1. The third-order valence-corrected chi connectivity index (χ3v) is 3.34. The maximum atomic E-state index is 5.80. The van der Waals surface area contributed by atoms with Crippen LogP contribution in [0, 0.1) is 0 Å². The van der Waals surface area contributed by atoms with Gasteiger partial charge in [-0.25, -0.2) is 9.97 Å². The molecule has 0 amide bonds. The minimum Gasteiger partial charge on any atom is -0.476 e. The maximum Gasteiger partial charge on any atom is 0.221 e. The van der Waals surface area contributed by atoms with E-state index in [1.165, 1.54) is 25.9 Å². The van der Waals surface area contributed by atoms with Crippen LogP contribution in [0.2, 0.25) is 0 Å². The number of anilines is 1. The molecule has 0 radical (unpaired) electrons. The van der Waals surface area contributed by atoms with E-state index in [1.54, 1.807) is 6.33 Å². The molecule has 1 saturated heterocycles. The van der Waals surface area contributed by atoms with Crippen LogP contribution in [0.25, 0.3) is 0 Å². The Hall–Kier alpha value is -1.36. The second kappa shape index (κ2) is 6.54. The van der Waals surface area contributed by atoms with Crippen LogP contribution in [0.3, 0.4) is 0 Å². The summed E-state index contributed by atoms with van der Waals surface area (Å²) >= 11 is 0. The second-order valence-electron chi connectivity index (χ2n) is 4.51. The highest BCUT2D eigenvalue weighted by Crippen LogP contribution is 2.21. The molecule has 5 nitrogen and oxygen atoms in total. The van der Waals surface area contributed by atoms with Crippen molar-refractivity contribution in [3.63, 3.8) is 0 Å². The second-order valence-corrected chi connectivity index (χ2v) is 4.51. The Balaban J connectivity index is 1.91. The molecule has 1 N–H and O–H groups in total. The number of likely N-dealkylation sites (tertiary alicyclic amines) is 1. The highest BCUT2D eigenvalue weighted by atomic mass is 16.5. The zero-order chi connectivity index (χ0) is 12.8. The lowest BCUT2D eigenvalue weighted by molar-refractivity contribution is 0.230. The van der Waals surface area contributed by atoms with Crippen molar-refractivity contribution in [2.45, 2.75) is 26.2 Å². The summed E-state index contributed by atoms with van der Waals surface area (Å²) in [6.45, 7) is 6.19. The molecule has 0 saturated carbocycles. The van der Waals surface area contributed by atoms with E-state index >= 15 is 0 Å². The molecule has 0 bridgehead atoms. The number of nitrogens with zero attached hydrogens (tertiary/aromatic N) is 3. The smallest absolute Gasteiger partial charge is 0.221 e. The van der Waals surface area contributed by atoms with Gasteiger partial charge < -0.3 is 10.1 Å². The Morgan fingerprint density at radius 1 is 1.33 bits per heavy atom. The van der Waals surface area contributed by atoms with Crippen LogP contribution in [0.1, 0.15) is 25.3 Å². The first-order valence-electron chi connectivity index (χ1n) is 6.72. The average molecular weight is 250 g/mol. The van der Waals surface area contributed by atoms with Crippen molar-refractivity contribution < 1.29 is 4.74 Å². The first-order valence-corrected chi connectivity index (χ1v) is 6.72. The Morgan fingerprint density at radius 3 is 2.78 bits per heavy atom. The van der Waals surface area contributed by atoms with E-state index in [1.807, 2.05) is 7.05 Å². The molecule has 1 aliphatic heterocycles. The lowest BCUT2D eigenvalue weighted by atomic mass is 10.2. The van der Waals surface area contributed by atoms with Gasteiger partial charge in [-0.05, 0) is 32.4 Å². The summed E-state index contributed by atoms with van der Waals surface area (Å²) in [6, 6.07) is 0. The highest BCUT2D eigenvalue weighted by molar-refractivity contribution is 5.48. The standard InChI is InChI=1S/C13H22N4O/c1-3-11-12(14-2)15-10-16-13(11)18-9-8-17-6-4-5-7-17/h10H,3-9H2,1-2H3,(H,14,15,16). The summed E-state index contributed by atoms with van der Waals surface area (Å²) in [5, 5.41) is 3.08. The van der Waals surface area contributed by atoms with Crippen LogP contribution in [0.5, 0.6) is 5.88 Å².